The molecule has 0 saturated carbocycles. The molecule has 1 unspecified atom stereocenters. The Balaban J connectivity index is 2.67. The fourth-order valence-electron chi connectivity index (χ4n) is 1.34. The molecule has 15 heavy (non-hydrogen) atoms. The Morgan fingerprint density at radius 1 is 1.67 bits per heavy atom. The van der Waals surface area contributed by atoms with Gasteiger partial charge in [-0.2, -0.15) is 0 Å². The van der Waals surface area contributed by atoms with Crippen LogP contribution in [0.3, 0.4) is 0 Å². The maximum absolute atomic E-state index is 10.6. The zero-order chi connectivity index (χ0) is 11.4. The van der Waals surface area contributed by atoms with E-state index in [-0.39, 0.29) is 5.69 Å². The van der Waals surface area contributed by atoms with Gasteiger partial charge in [-0.25, -0.2) is 9.78 Å². The minimum atomic E-state index is -0.975. The molecular formula is C10H16N2O2S. The quantitative estimate of drug-likeness (QED) is 0.813. The van der Waals surface area contributed by atoms with E-state index in [1.807, 2.05) is 0 Å². The fraction of sp³-hybridized carbons (Fsp3) is 0.600. The number of carboxylic acids is 1. The van der Waals surface area contributed by atoms with E-state index in [0.29, 0.717) is 17.1 Å². The highest BCUT2D eigenvalue weighted by Gasteiger charge is 2.14. The molecule has 0 spiro atoms. The lowest BCUT2D eigenvalue weighted by Crippen LogP contribution is -2.24. The van der Waals surface area contributed by atoms with Gasteiger partial charge in [0.1, 0.15) is 0 Å². The van der Waals surface area contributed by atoms with Gasteiger partial charge in [0.15, 0.2) is 10.8 Å². The summed E-state index contributed by atoms with van der Waals surface area (Å²) in [6.07, 6.45) is 1.000. The molecule has 84 valence electrons. The third-order valence-corrected chi connectivity index (χ3v) is 3.05. The summed E-state index contributed by atoms with van der Waals surface area (Å²) in [5, 5.41) is 14.2. The molecule has 1 heterocycles. The largest absolute Gasteiger partial charge is 0.476 e. The molecule has 0 bridgehead atoms. The van der Waals surface area contributed by atoms with Gasteiger partial charge in [-0.1, -0.05) is 20.8 Å². The van der Waals surface area contributed by atoms with Crippen LogP contribution in [0.15, 0.2) is 5.38 Å². The summed E-state index contributed by atoms with van der Waals surface area (Å²) in [7, 11) is 0. The second-order valence-corrected chi connectivity index (χ2v) is 4.60. The molecule has 1 atom stereocenters. The van der Waals surface area contributed by atoms with Crippen LogP contribution in [-0.2, 0) is 0 Å². The minimum absolute atomic E-state index is 0.112. The molecule has 0 radical (unpaired) electrons. The Hall–Kier alpha value is -1.10. The summed E-state index contributed by atoms with van der Waals surface area (Å²) in [6, 6.07) is 0.345. The van der Waals surface area contributed by atoms with Crippen LogP contribution < -0.4 is 5.32 Å². The van der Waals surface area contributed by atoms with Crippen molar-refractivity contribution in [2.45, 2.75) is 33.2 Å². The first kappa shape index (κ1) is 12.0. The molecule has 5 heteroatoms. The third-order valence-electron chi connectivity index (χ3n) is 2.28. The van der Waals surface area contributed by atoms with Gasteiger partial charge in [0.2, 0.25) is 0 Å². The van der Waals surface area contributed by atoms with E-state index >= 15 is 0 Å². The number of aromatic carboxylic acids is 1. The van der Waals surface area contributed by atoms with Gasteiger partial charge in [-0.05, 0) is 12.3 Å². The molecule has 0 aromatic carbocycles. The van der Waals surface area contributed by atoms with Crippen molar-refractivity contribution in [3.05, 3.63) is 11.1 Å². The number of anilines is 1. The fourth-order valence-corrected chi connectivity index (χ4v) is 2.08. The first-order chi connectivity index (χ1) is 7.04. The zero-order valence-corrected chi connectivity index (χ0v) is 9.97. The summed E-state index contributed by atoms with van der Waals surface area (Å²) in [5.74, 6) is -0.468. The Labute approximate surface area is 93.4 Å². The van der Waals surface area contributed by atoms with E-state index in [0.717, 1.165) is 6.42 Å². The van der Waals surface area contributed by atoms with Crippen molar-refractivity contribution in [1.29, 1.82) is 0 Å². The van der Waals surface area contributed by atoms with Crippen LogP contribution in [0.2, 0.25) is 0 Å². The minimum Gasteiger partial charge on any atom is -0.476 e. The number of hydrogen-bond acceptors (Lipinski definition) is 4. The van der Waals surface area contributed by atoms with E-state index in [4.69, 9.17) is 5.11 Å². The zero-order valence-electron chi connectivity index (χ0n) is 9.15. The number of nitrogens with zero attached hydrogens (tertiary/aromatic N) is 1. The summed E-state index contributed by atoms with van der Waals surface area (Å²) in [4.78, 5) is 14.6. The van der Waals surface area contributed by atoms with Crippen molar-refractivity contribution in [3.8, 4) is 0 Å². The summed E-state index contributed by atoms with van der Waals surface area (Å²) < 4.78 is 0. The van der Waals surface area contributed by atoms with Crippen LogP contribution in [-0.4, -0.2) is 22.1 Å². The van der Waals surface area contributed by atoms with Gasteiger partial charge in [-0.15, -0.1) is 11.3 Å². The maximum Gasteiger partial charge on any atom is 0.355 e. The number of thiazole rings is 1. The molecule has 0 saturated heterocycles. The average molecular weight is 228 g/mol. The average Bonchev–Trinajstić information content (AvgIpc) is 2.61. The SMILES string of the molecule is CCC(Nc1nc(C(=O)O)cs1)C(C)C. The second kappa shape index (κ2) is 5.11. The Morgan fingerprint density at radius 3 is 2.73 bits per heavy atom. The smallest absolute Gasteiger partial charge is 0.355 e. The first-order valence-corrected chi connectivity index (χ1v) is 5.88. The number of hydrogen-bond donors (Lipinski definition) is 2. The normalized spacial score (nSPS) is 12.8. The van der Waals surface area contributed by atoms with E-state index < -0.39 is 5.97 Å². The standard InChI is InChI=1S/C10H16N2O2S/c1-4-7(6(2)3)11-10-12-8(5-15-10)9(13)14/h5-7H,4H2,1-3H3,(H,11,12)(H,13,14). The van der Waals surface area contributed by atoms with Gasteiger partial charge in [0.25, 0.3) is 0 Å². The third kappa shape index (κ3) is 3.20. The Morgan fingerprint density at radius 2 is 2.33 bits per heavy atom. The lowest BCUT2D eigenvalue weighted by Gasteiger charge is -2.19. The van der Waals surface area contributed by atoms with Gasteiger partial charge >= 0.3 is 5.97 Å². The molecule has 1 aromatic rings. The van der Waals surface area contributed by atoms with Gasteiger partial charge in [0.05, 0.1) is 0 Å². The van der Waals surface area contributed by atoms with Crippen molar-refractivity contribution in [3.63, 3.8) is 0 Å². The summed E-state index contributed by atoms with van der Waals surface area (Å²) in [5.41, 5.74) is 0.112. The van der Waals surface area contributed by atoms with Crippen LogP contribution in [0, 0.1) is 5.92 Å². The summed E-state index contributed by atoms with van der Waals surface area (Å²) >= 11 is 1.34. The molecule has 4 nitrogen and oxygen atoms in total. The maximum atomic E-state index is 10.6. The molecule has 2 N–H and O–H groups in total. The predicted octanol–water partition coefficient (Wildman–Crippen LogP) is 2.69. The highest BCUT2D eigenvalue weighted by atomic mass is 32.1. The molecule has 1 rings (SSSR count). The predicted molar refractivity (Wildman–Crippen MR) is 61.6 cm³/mol. The Bertz CT molecular complexity index is 336. The second-order valence-electron chi connectivity index (χ2n) is 3.75. The molecular weight excluding hydrogens is 212 g/mol. The number of rotatable bonds is 5. The van der Waals surface area contributed by atoms with Crippen LogP contribution >= 0.6 is 11.3 Å². The van der Waals surface area contributed by atoms with Crippen molar-refractivity contribution in [2.75, 3.05) is 5.32 Å². The van der Waals surface area contributed by atoms with Gasteiger partial charge in [0, 0.05) is 11.4 Å². The molecule has 0 aliphatic rings. The molecule has 0 fully saturated rings. The molecule has 0 aliphatic heterocycles. The van der Waals surface area contributed by atoms with Crippen LogP contribution in [0.25, 0.3) is 0 Å². The molecule has 0 aliphatic carbocycles. The Kier molecular flexibility index (Phi) is 4.08. The summed E-state index contributed by atoms with van der Waals surface area (Å²) in [6.45, 7) is 6.36. The van der Waals surface area contributed by atoms with E-state index in [1.54, 1.807) is 5.38 Å². The van der Waals surface area contributed by atoms with Crippen LogP contribution in [0.4, 0.5) is 5.13 Å². The number of carbonyl (C=O) groups is 1. The lowest BCUT2D eigenvalue weighted by molar-refractivity contribution is 0.0691. The number of aromatic nitrogens is 1. The van der Waals surface area contributed by atoms with Crippen LogP contribution in [0.1, 0.15) is 37.7 Å². The molecule has 1 aromatic heterocycles. The van der Waals surface area contributed by atoms with Crippen LogP contribution in [0.5, 0.6) is 0 Å². The van der Waals surface area contributed by atoms with Crippen molar-refractivity contribution >= 4 is 22.4 Å². The number of carboxylic acid groups (broad SMARTS) is 1. The van der Waals surface area contributed by atoms with Crippen molar-refractivity contribution in [2.24, 2.45) is 5.92 Å². The first-order valence-electron chi connectivity index (χ1n) is 5.00. The van der Waals surface area contributed by atoms with Gasteiger partial charge < -0.3 is 10.4 Å². The lowest BCUT2D eigenvalue weighted by atomic mass is 10.0. The van der Waals surface area contributed by atoms with E-state index in [9.17, 15) is 4.79 Å². The topological polar surface area (TPSA) is 62.2 Å². The van der Waals surface area contributed by atoms with E-state index in [1.165, 1.54) is 11.3 Å². The highest BCUT2D eigenvalue weighted by Crippen LogP contribution is 2.19. The number of nitrogens with one attached hydrogen (secondary N) is 1. The van der Waals surface area contributed by atoms with Crippen molar-refractivity contribution in [1.82, 2.24) is 4.98 Å². The van der Waals surface area contributed by atoms with Gasteiger partial charge in [-0.3, -0.25) is 0 Å². The molecule has 0 amide bonds. The van der Waals surface area contributed by atoms with E-state index in [2.05, 4.69) is 31.1 Å². The highest BCUT2D eigenvalue weighted by molar-refractivity contribution is 7.13. The van der Waals surface area contributed by atoms with Crippen molar-refractivity contribution < 1.29 is 9.90 Å². The monoisotopic (exact) mass is 228 g/mol.